The molecule has 1 unspecified atom stereocenters. The number of carbonyl (C=O) groups excluding carboxylic acids is 2. The minimum absolute atomic E-state index is 0.206. The van der Waals surface area contributed by atoms with Gasteiger partial charge < -0.3 is 4.79 Å². The standard InChI is InChI=1S/C16H27NO4/c18-14-10-9-13-16(17(20)21)12-8-6-4-2-1-3-5-7-11-15(16)19/h14H,1-13H2. The highest BCUT2D eigenvalue weighted by Crippen LogP contribution is 2.29. The number of aldehydes is 1. The van der Waals surface area contributed by atoms with Gasteiger partial charge in [-0.3, -0.25) is 14.9 Å². The lowest BCUT2D eigenvalue weighted by Crippen LogP contribution is -2.46. The molecule has 1 saturated carbocycles. The van der Waals surface area contributed by atoms with Gasteiger partial charge in [0.2, 0.25) is 5.78 Å². The first-order valence-electron chi connectivity index (χ1n) is 8.25. The first kappa shape index (κ1) is 17.8. The molecule has 1 aliphatic rings. The molecule has 0 aromatic carbocycles. The molecular weight excluding hydrogens is 270 g/mol. The Kier molecular flexibility index (Phi) is 8.16. The summed E-state index contributed by atoms with van der Waals surface area (Å²) in [4.78, 5) is 34.1. The van der Waals surface area contributed by atoms with E-state index in [1.165, 1.54) is 12.8 Å². The van der Waals surface area contributed by atoms with E-state index < -0.39 is 5.54 Å². The Morgan fingerprint density at radius 1 is 1.05 bits per heavy atom. The van der Waals surface area contributed by atoms with Crippen molar-refractivity contribution in [3.63, 3.8) is 0 Å². The van der Waals surface area contributed by atoms with Crippen LogP contribution in [-0.2, 0) is 9.59 Å². The van der Waals surface area contributed by atoms with E-state index >= 15 is 0 Å². The van der Waals surface area contributed by atoms with Crippen molar-refractivity contribution in [1.82, 2.24) is 0 Å². The Morgan fingerprint density at radius 3 is 2.19 bits per heavy atom. The second-order valence-electron chi connectivity index (χ2n) is 6.10. The molecule has 21 heavy (non-hydrogen) atoms. The van der Waals surface area contributed by atoms with Gasteiger partial charge in [0, 0.05) is 30.6 Å². The molecule has 0 spiro atoms. The van der Waals surface area contributed by atoms with Crippen LogP contribution in [0.25, 0.3) is 0 Å². The van der Waals surface area contributed by atoms with Gasteiger partial charge in [0.15, 0.2) is 0 Å². The topological polar surface area (TPSA) is 77.3 Å². The maximum absolute atomic E-state index is 12.5. The number of Topliss-reactive ketones (excluding diaryl/α,β-unsaturated/α-hetero) is 1. The van der Waals surface area contributed by atoms with Crippen LogP contribution in [0.2, 0.25) is 0 Å². The van der Waals surface area contributed by atoms with Crippen molar-refractivity contribution < 1.29 is 14.5 Å². The summed E-state index contributed by atoms with van der Waals surface area (Å²) in [6.07, 6.45) is 10.4. The molecule has 1 atom stereocenters. The van der Waals surface area contributed by atoms with E-state index in [9.17, 15) is 19.7 Å². The molecule has 0 amide bonds. The summed E-state index contributed by atoms with van der Waals surface area (Å²) in [5, 5.41) is 11.6. The number of ketones is 1. The van der Waals surface area contributed by atoms with E-state index in [4.69, 9.17) is 0 Å². The lowest BCUT2D eigenvalue weighted by Gasteiger charge is -2.24. The van der Waals surface area contributed by atoms with E-state index in [0.29, 0.717) is 25.7 Å². The second kappa shape index (κ2) is 9.64. The van der Waals surface area contributed by atoms with Crippen LogP contribution in [0.4, 0.5) is 0 Å². The minimum Gasteiger partial charge on any atom is -0.303 e. The summed E-state index contributed by atoms with van der Waals surface area (Å²) in [6, 6.07) is 0. The van der Waals surface area contributed by atoms with Gasteiger partial charge in [-0.2, -0.15) is 0 Å². The summed E-state index contributed by atoms with van der Waals surface area (Å²) < 4.78 is 0. The number of nitro groups is 1. The van der Waals surface area contributed by atoms with Gasteiger partial charge in [-0.25, -0.2) is 0 Å². The molecule has 1 rings (SSSR count). The molecule has 120 valence electrons. The highest BCUT2D eigenvalue weighted by molar-refractivity contribution is 5.87. The third-order valence-corrected chi connectivity index (χ3v) is 4.53. The lowest BCUT2D eigenvalue weighted by molar-refractivity contribution is -0.555. The Labute approximate surface area is 126 Å². The van der Waals surface area contributed by atoms with Gasteiger partial charge in [-0.1, -0.05) is 38.5 Å². The SMILES string of the molecule is O=CCCCC1([N+](=O)[O-])CCCCCCCCCCC1=O. The third kappa shape index (κ3) is 5.56. The molecule has 0 saturated heterocycles. The normalized spacial score (nSPS) is 25.6. The summed E-state index contributed by atoms with van der Waals surface area (Å²) in [7, 11) is 0. The van der Waals surface area contributed by atoms with Crippen LogP contribution >= 0.6 is 0 Å². The molecule has 0 N–H and O–H groups in total. The highest BCUT2D eigenvalue weighted by Gasteiger charge is 2.48. The number of hydrogen-bond acceptors (Lipinski definition) is 4. The number of unbranched alkanes of at least 4 members (excludes halogenated alkanes) is 1. The van der Waals surface area contributed by atoms with Crippen LogP contribution in [-0.4, -0.2) is 22.5 Å². The maximum Gasteiger partial charge on any atom is 0.279 e. The summed E-state index contributed by atoms with van der Waals surface area (Å²) >= 11 is 0. The van der Waals surface area contributed by atoms with Crippen LogP contribution in [0.1, 0.15) is 83.5 Å². The quantitative estimate of drug-likeness (QED) is 0.334. The Hall–Kier alpha value is -1.26. The van der Waals surface area contributed by atoms with Gasteiger partial charge in [0.05, 0.1) is 0 Å². The molecule has 1 fully saturated rings. The average molecular weight is 297 g/mol. The van der Waals surface area contributed by atoms with Gasteiger partial charge >= 0.3 is 0 Å². The fourth-order valence-electron chi connectivity index (χ4n) is 3.16. The minimum atomic E-state index is -1.44. The zero-order valence-electron chi connectivity index (χ0n) is 12.8. The molecule has 0 radical (unpaired) electrons. The smallest absolute Gasteiger partial charge is 0.279 e. The van der Waals surface area contributed by atoms with Crippen molar-refractivity contribution in [2.45, 2.75) is 89.0 Å². The van der Waals surface area contributed by atoms with Crippen molar-refractivity contribution >= 4 is 12.1 Å². The first-order valence-corrected chi connectivity index (χ1v) is 8.25. The van der Waals surface area contributed by atoms with Gasteiger partial charge in [-0.15, -0.1) is 0 Å². The van der Waals surface area contributed by atoms with Crippen LogP contribution in [0.3, 0.4) is 0 Å². The van der Waals surface area contributed by atoms with Crippen LogP contribution in [0.5, 0.6) is 0 Å². The Balaban J connectivity index is 2.80. The number of carbonyl (C=O) groups is 2. The van der Waals surface area contributed by atoms with Gasteiger partial charge in [-0.05, 0) is 19.3 Å². The highest BCUT2D eigenvalue weighted by atomic mass is 16.6. The van der Waals surface area contributed by atoms with Crippen molar-refractivity contribution in [2.75, 3.05) is 0 Å². The van der Waals surface area contributed by atoms with E-state index in [-0.39, 0.29) is 17.1 Å². The molecular formula is C16H27NO4. The molecule has 0 aromatic rings. The monoisotopic (exact) mass is 297 g/mol. The largest absolute Gasteiger partial charge is 0.303 e. The number of rotatable bonds is 5. The average Bonchev–Trinajstić information content (AvgIpc) is 2.45. The fourth-order valence-corrected chi connectivity index (χ4v) is 3.16. The number of nitrogens with zero attached hydrogens (tertiary/aromatic N) is 1. The predicted octanol–water partition coefficient (Wildman–Crippen LogP) is 3.85. The zero-order chi connectivity index (χ0) is 15.6. The maximum atomic E-state index is 12.5. The Morgan fingerprint density at radius 2 is 1.62 bits per heavy atom. The third-order valence-electron chi connectivity index (χ3n) is 4.53. The zero-order valence-corrected chi connectivity index (χ0v) is 12.8. The van der Waals surface area contributed by atoms with E-state index in [1.807, 2.05) is 0 Å². The molecule has 5 nitrogen and oxygen atoms in total. The van der Waals surface area contributed by atoms with Crippen LogP contribution in [0, 0.1) is 10.1 Å². The number of hydrogen-bond donors (Lipinski definition) is 0. The molecule has 1 aliphatic carbocycles. The lowest BCUT2D eigenvalue weighted by atomic mass is 9.81. The van der Waals surface area contributed by atoms with Crippen LogP contribution < -0.4 is 0 Å². The van der Waals surface area contributed by atoms with Crippen molar-refractivity contribution in [3.8, 4) is 0 Å². The predicted molar refractivity (Wildman–Crippen MR) is 80.8 cm³/mol. The van der Waals surface area contributed by atoms with Gasteiger partial charge in [0.1, 0.15) is 6.29 Å². The van der Waals surface area contributed by atoms with E-state index in [2.05, 4.69) is 0 Å². The Bertz CT molecular complexity index is 356. The molecule has 0 heterocycles. The second-order valence-corrected chi connectivity index (χ2v) is 6.10. The summed E-state index contributed by atoms with van der Waals surface area (Å²) in [5.41, 5.74) is -1.44. The van der Waals surface area contributed by atoms with Crippen LogP contribution in [0.15, 0.2) is 0 Å². The van der Waals surface area contributed by atoms with Crippen molar-refractivity contribution in [1.29, 1.82) is 0 Å². The van der Waals surface area contributed by atoms with Crippen molar-refractivity contribution in [2.24, 2.45) is 0 Å². The molecule has 0 aromatic heterocycles. The van der Waals surface area contributed by atoms with Gasteiger partial charge in [0.25, 0.3) is 5.54 Å². The molecule has 0 aliphatic heterocycles. The molecule has 5 heteroatoms. The summed E-state index contributed by atoms with van der Waals surface area (Å²) in [5.74, 6) is -0.223. The van der Waals surface area contributed by atoms with Crippen molar-refractivity contribution in [3.05, 3.63) is 10.1 Å². The summed E-state index contributed by atoms with van der Waals surface area (Å²) in [6.45, 7) is 0. The van der Waals surface area contributed by atoms with E-state index in [0.717, 1.165) is 44.8 Å². The molecule has 0 bridgehead atoms. The fraction of sp³-hybridized carbons (Fsp3) is 0.875. The van der Waals surface area contributed by atoms with E-state index in [1.54, 1.807) is 0 Å². The first-order chi connectivity index (χ1) is 10.1.